The van der Waals surface area contributed by atoms with Crippen LogP contribution in [-0.2, 0) is 11.0 Å². The number of hydrogen-bond donors (Lipinski definition) is 1. The van der Waals surface area contributed by atoms with E-state index >= 15 is 0 Å². The summed E-state index contributed by atoms with van der Waals surface area (Å²) in [7, 11) is -1.77. The number of hydrogen-bond acceptors (Lipinski definition) is 2. The maximum Gasteiger partial charge on any atom is 0.394 e. The van der Waals surface area contributed by atoms with Crippen LogP contribution in [0.1, 0.15) is 78.1 Å². The van der Waals surface area contributed by atoms with E-state index in [0.717, 1.165) is 31.6 Å². The van der Waals surface area contributed by atoms with Crippen molar-refractivity contribution in [2.45, 2.75) is 94.2 Å². The summed E-state index contributed by atoms with van der Waals surface area (Å²) in [4.78, 5) is 0. The molecule has 0 aliphatic heterocycles. The first-order valence-corrected chi connectivity index (χ1v) is 12.6. The molecular weight excluding hydrogens is 391 g/mol. The van der Waals surface area contributed by atoms with Gasteiger partial charge in [0, 0.05) is 5.25 Å². The molecule has 2 nitrogen and oxygen atoms in total. The van der Waals surface area contributed by atoms with Crippen molar-refractivity contribution >= 4 is 22.7 Å². The van der Waals surface area contributed by atoms with Crippen molar-refractivity contribution in [3.8, 4) is 0 Å². The predicted octanol–water partition coefficient (Wildman–Crippen LogP) is 5.83. The van der Waals surface area contributed by atoms with Crippen molar-refractivity contribution in [1.29, 1.82) is 0 Å². The molecule has 0 bridgehead atoms. The Balaban J connectivity index is 1.75. The molecule has 0 saturated heterocycles. The van der Waals surface area contributed by atoms with Crippen molar-refractivity contribution in [3.63, 3.8) is 0 Å². The van der Waals surface area contributed by atoms with Crippen LogP contribution < -0.4 is 5.14 Å². The minimum absolute atomic E-state index is 0.117. The summed E-state index contributed by atoms with van der Waals surface area (Å²) in [5, 5.41) is 6.11. The van der Waals surface area contributed by atoms with Crippen LogP contribution in [0.15, 0.2) is 0 Å². The molecule has 0 aromatic carbocycles. The highest BCUT2D eigenvalue weighted by Gasteiger charge is 2.62. The van der Waals surface area contributed by atoms with Crippen LogP contribution in [0.4, 0.5) is 13.2 Å². The number of thioether (sulfide) groups is 1. The molecule has 3 rings (SSSR count). The van der Waals surface area contributed by atoms with Crippen LogP contribution in [0.2, 0.25) is 0 Å². The minimum atomic E-state index is -4.27. The minimum Gasteiger partial charge on any atom is -0.251 e. The van der Waals surface area contributed by atoms with E-state index in [-0.39, 0.29) is 24.7 Å². The van der Waals surface area contributed by atoms with Crippen molar-refractivity contribution in [2.75, 3.05) is 5.75 Å². The van der Waals surface area contributed by atoms with Crippen LogP contribution in [0.3, 0.4) is 0 Å². The van der Waals surface area contributed by atoms with E-state index in [1.807, 2.05) is 11.8 Å². The molecular formula is C20H34F3NOS2. The van der Waals surface area contributed by atoms with Gasteiger partial charge in [-0.05, 0) is 88.7 Å². The quantitative estimate of drug-likeness (QED) is 0.505. The molecule has 0 aromatic heterocycles. The zero-order valence-electron chi connectivity index (χ0n) is 16.5. The van der Waals surface area contributed by atoms with Gasteiger partial charge in [-0.3, -0.25) is 5.14 Å². The average molecular weight is 426 g/mol. The number of halogens is 3. The third kappa shape index (κ3) is 5.44. The maximum absolute atomic E-state index is 14.6. The molecule has 2 atom stereocenters. The molecule has 0 heterocycles. The topological polar surface area (TPSA) is 43.1 Å². The second-order valence-corrected chi connectivity index (χ2v) is 12.8. The summed E-state index contributed by atoms with van der Waals surface area (Å²) < 4.78 is 54.6. The van der Waals surface area contributed by atoms with Gasteiger partial charge in [0.2, 0.25) is 0 Å². The Kier molecular flexibility index (Phi) is 6.64. The van der Waals surface area contributed by atoms with Crippen molar-refractivity contribution < 1.29 is 17.4 Å². The lowest BCUT2D eigenvalue weighted by atomic mass is 9.62. The van der Waals surface area contributed by atoms with Crippen molar-refractivity contribution in [3.05, 3.63) is 0 Å². The Morgan fingerprint density at radius 1 is 0.963 bits per heavy atom. The summed E-state index contributed by atoms with van der Waals surface area (Å²) in [5.41, 5.74) is -1.74. The van der Waals surface area contributed by atoms with E-state index in [1.54, 1.807) is 13.8 Å². The van der Waals surface area contributed by atoms with E-state index < -0.39 is 27.3 Å². The van der Waals surface area contributed by atoms with Gasteiger partial charge in [-0.1, -0.05) is 12.8 Å². The van der Waals surface area contributed by atoms with Crippen LogP contribution >= 0.6 is 11.8 Å². The second-order valence-electron chi connectivity index (χ2n) is 9.79. The van der Waals surface area contributed by atoms with Gasteiger partial charge in [-0.15, -0.1) is 0 Å². The van der Waals surface area contributed by atoms with Crippen LogP contribution in [0.25, 0.3) is 0 Å². The van der Waals surface area contributed by atoms with E-state index in [2.05, 4.69) is 0 Å². The smallest absolute Gasteiger partial charge is 0.251 e. The highest BCUT2D eigenvalue weighted by Crippen LogP contribution is 2.60. The lowest BCUT2D eigenvalue weighted by Gasteiger charge is -2.48. The summed E-state index contributed by atoms with van der Waals surface area (Å²) in [6.07, 6.45) is 3.31. The molecule has 27 heavy (non-hydrogen) atoms. The zero-order valence-corrected chi connectivity index (χ0v) is 18.2. The van der Waals surface area contributed by atoms with Gasteiger partial charge in [-0.2, -0.15) is 24.9 Å². The lowest BCUT2D eigenvalue weighted by molar-refractivity contribution is -0.255. The van der Waals surface area contributed by atoms with Crippen molar-refractivity contribution in [2.24, 2.45) is 28.3 Å². The van der Waals surface area contributed by atoms with Gasteiger partial charge in [0.15, 0.2) is 0 Å². The third-order valence-corrected chi connectivity index (χ3v) is 9.76. The Labute approximate surface area is 168 Å². The molecule has 158 valence electrons. The molecule has 3 aliphatic rings. The monoisotopic (exact) mass is 425 g/mol. The summed E-state index contributed by atoms with van der Waals surface area (Å²) in [6, 6.07) is 0. The molecule has 3 saturated carbocycles. The molecule has 3 aliphatic carbocycles. The van der Waals surface area contributed by atoms with Crippen LogP contribution in [0.5, 0.6) is 0 Å². The normalized spacial score (nSPS) is 30.7. The number of nitrogens with two attached hydrogens (primary N) is 1. The Bertz CT molecular complexity index is 538. The summed E-state index contributed by atoms with van der Waals surface area (Å²) in [5.74, 6) is 1.85. The third-order valence-electron chi connectivity index (χ3n) is 6.92. The van der Waals surface area contributed by atoms with E-state index in [4.69, 9.17) is 5.14 Å². The first-order chi connectivity index (χ1) is 12.5. The van der Waals surface area contributed by atoms with Crippen LogP contribution in [-0.4, -0.2) is 26.1 Å². The first-order valence-electron chi connectivity index (χ1n) is 10.4. The second kappa shape index (κ2) is 8.17. The lowest BCUT2D eigenvalue weighted by Crippen LogP contribution is -2.51. The molecule has 2 N–H and O–H groups in total. The summed E-state index contributed by atoms with van der Waals surface area (Å²) >= 11 is 1.98. The Morgan fingerprint density at radius 2 is 1.52 bits per heavy atom. The van der Waals surface area contributed by atoms with Gasteiger partial charge in [-0.25, -0.2) is 4.21 Å². The average Bonchev–Trinajstić information content (AvgIpc) is 3.46. The molecule has 2 unspecified atom stereocenters. The molecule has 0 aromatic rings. The molecule has 0 spiro atoms. The van der Waals surface area contributed by atoms with Crippen LogP contribution in [0, 0.1) is 23.2 Å². The fraction of sp³-hybridized carbons (Fsp3) is 1.00. The largest absolute Gasteiger partial charge is 0.394 e. The van der Waals surface area contributed by atoms with Gasteiger partial charge in [0.25, 0.3) is 0 Å². The SMILES string of the molecule is CC(C)(CC(CC1CC1)(C1CCC(SCC2CC2)CC1)C(F)(F)F)S(N)=O. The van der Waals surface area contributed by atoms with Crippen molar-refractivity contribution in [1.82, 2.24) is 0 Å². The molecule has 0 radical (unpaired) electrons. The highest BCUT2D eigenvalue weighted by atomic mass is 32.2. The number of alkyl halides is 3. The van der Waals surface area contributed by atoms with E-state index in [0.29, 0.717) is 18.1 Å². The van der Waals surface area contributed by atoms with Gasteiger partial charge in [0.1, 0.15) is 0 Å². The standard InChI is InChI=1S/C20H34F3NOS2/c1-18(2,27(24)25)13-19(20(21,22)23,11-14-3-4-14)16-7-9-17(10-8-16)26-12-15-5-6-15/h14-17H,3-13,24H2,1-2H3. The molecule has 3 fully saturated rings. The maximum atomic E-state index is 14.6. The predicted molar refractivity (Wildman–Crippen MR) is 108 cm³/mol. The van der Waals surface area contributed by atoms with Gasteiger partial charge >= 0.3 is 6.18 Å². The van der Waals surface area contributed by atoms with E-state index in [1.165, 1.54) is 18.6 Å². The fourth-order valence-corrected chi connectivity index (χ4v) is 6.72. The van der Waals surface area contributed by atoms with Gasteiger partial charge < -0.3 is 0 Å². The van der Waals surface area contributed by atoms with E-state index in [9.17, 15) is 17.4 Å². The Hall–Kier alpha value is 0.250. The number of rotatable bonds is 9. The fourth-order valence-electron chi connectivity index (χ4n) is 4.84. The molecule has 0 amide bonds. The Morgan fingerprint density at radius 3 is 1.96 bits per heavy atom. The molecule has 7 heteroatoms. The first kappa shape index (κ1) is 21.9. The zero-order chi connectivity index (χ0) is 19.9. The van der Waals surface area contributed by atoms with Gasteiger partial charge in [0.05, 0.1) is 21.1 Å². The highest BCUT2D eigenvalue weighted by molar-refractivity contribution is 7.99. The summed E-state index contributed by atoms with van der Waals surface area (Å²) in [6.45, 7) is 3.27.